The average molecular weight is 1210 g/mol. The summed E-state index contributed by atoms with van der Waals surface area (Å²) in [6.45, 7) is 16.3. The van der Waals surface area contributed by atoms with Crippen LogP contribution in [0.4, 0.5) is 0 Å². The number of aromatic amines is 1. The maximum atomic E-state index is 14.7. The highest BCUT2D eigenvalue weighted by Crippen LogP contribution is 2.25. The number of aliphatic imine (C=N–C) groups is 1. The highest BCUT2D eigenvalue weighted by Gasteiger charge is 2.43. The summed E-state index contributed by atoms with van der Waals surface area (Å²) in [6.07, 6.45) is 3.82. The Morgan fingerprint density at radius 2 is 1.13 bits per heavy atom. The van der Waals surface area contributed by atoms with E-state index in [9.17, 15) is 57.8 Å². The van der Waals surface area contributed by atoms with E-state index < -0.39 is 137 Å². The molecular formula is C59H94N14O13. The molecule has 12 atom stereocenters. The highest BCUT2D eigenvalue weighted by molar-refractivity contribution is 5.99. The van der Waals surface area contributed by atoms with Gasteiger partial charge in [-0.05, 0) is 100 Å². The van der Waals surface area contributed by atoms with E-state index in [0.717, 1.165) is 10.9 Å². The van der Waals surface area contributed by atoms with Crippen molar-refractivity contribution in [3.8, 4) is 0 Å². The first-order chi connectivity index (χ1) is 40.6. The number of rotatable bonds is 34. The minimum absolute atomic E-state index is 0.0101. The molecule has 9 amide bonds. The molecule has 16 N–H and O–H groups in total. The summed E-state index contributed by atoms with van der Waals surface area (Å²) in [7, 11) is 0. The molecule has 1 aromatic carbocycles. The molecule has 2 aliphatic rings. The van der Waals surface area contributed by atoms with Crippen LogP contribution in [0.3, 0.4) is 0 Å². The number of carboxylic acids is 2. The molecule has 2 fully saturated rings. The number of H-pyrrole nitrogens is 1. The summed E-state index contributed by atoms with van der Waals surface area (Å²) in [5.74, 6) is -9.75. The molecule has 0 bridgehead atoms. The molecule has 27 nitrogen and oxygen atoms in total. The Bertz CT molecular complexity index is 2730. The molecule has 0 radical (unpaired) electrons. The van der Waals surface area contributed by atoms with Crippen LogP contribution in [0.1, 0.15) is 145 Å². The lowest BCUT2D eigenvalue weighted by Gasteiger charge is -2.33. The first-order valence-electron chi connectivity index (χ1n) is 30.1. The largest absolute Gasteiger partial charge is 0.481 e. The first kappa shape index (κ1) is 70.6. The van der Waals surface area contributed by atoms with E-state index in [0.29, 0.717) is 31.2 Å². The maximum absolute atomic E-state index is 14.7. The fourth-order valence-corrected chi connectivity index (χ4v) is 10.7. The molecule has 86 heavy (non-hydrogen) atoms. The molecule has 2 aromatic rings. The number of amides is 9. The van der Waals surface area contributed by atoms with Crippen LogP contribution in [0.25, 0.3) is 10.9 Å². The average Bonchev–Trinajstić information content (AvgIpc) is 2.60. The fourth-order valence-electron chi connectivity index (χ4n) is 10.7. The molecule has 0 saturated carbocycles. The van der Waals surface area contributed by atoms with E-state index in [2.05, 4.69) is 47.2 Å². The highest BCUT2D eigenvalue weighted by atomic mass is 16.4. The quantitative estimate of drug-likeness (QED) is 0.0260. The summed E-state index contributed by atoms with van der Waals surface area (Å²) in [5, 5.41) is 39.1. The molecule has 0 spiro atoms. The summed E-state index contributed by atoms with van der Waals surface area (Å²) < 4.78 is 0. The molecule has 4 rings (SSSR count). The van der Waals surface area contributed by atoms with Gasteiger partial charge in [0.05, 0.1) is 6.04 Å². The Kier molecular flexibility index (Phi) is 27.7. The standard InChI is InChI=1S/C59H94N14O13/c1-10-33(7)47(71-50(77)38(60)22-23-46(74)75)54(81)65-35(9)49(76)70-48(34(8)11-2)55(82)68-42(28-32(5)6)57(84)73-26-16-21-45(73)53(80)67-41(27-31(3)4)56(83)72-25-15-20-44(72)52(79)66-40(19-14-24-63-59(61)62)51(78)69-43(58(85)86)29-36-30-64-39-18-13-12-17-37(36)39/h12-13,17-18,30-35,38,40-45,47-48,64H,10-11,14-16,19-29,60H2,1-9H3,(H,65,81)(H,66,79)(H,67,80)(H,68,82)(H,69,78)(H,70,76)(H,71,77)(H,74,75)(H,85,86)(H4,61,62,63)/t33-,34-,35-,38-,40-,41-,42-,43-,44-,45-,47-,48-/m0/s1. The van der Waals surface area contributed by atoms with Crippen molar-refractivity contribution in [2.24, 2.45) is 45.9 Å². The number of benzene rings is 1. The summed E-state index contributed by atoms with van der Waals surface area (Å²) in [5.41, 5.74) is 18.4. The molecule has 3 heterocycles. The second-order valence-corrected chi connectivity index (χ2v) is 23.7. The Labute approximate surface area is 503 Å². The second-order valence-electron chi connectivity index (χ2n) is 23.7. The third-order valence-electron chi connectivity index (χ3n) is 16.0. The van der Waals surface area contributed by atoms with Crippen molar-refractivity contribution in [2.45, 2.75) is 206 Å². The number of likely N-dealkylation sites (tertiary alicyclic amines) is 2. The van der Waals surface area contributed by atoms with Crippen molar-refractivity contribution < 1.29 is 63.0 Å². The van der Waals surface area contributed by atoms with Crippen molar-refractivity contribution >= 4 is 82.0 Å². The maximum Gasteiger partial charge on any atom is 0.326 e. The van der Waals surface area contributed by atoms with Crippen LogP contribution in [0.5, 0.6) is 0 Å². The number of para-hydroxylation sites is 1. The molecule has 0 unspecified atom stereocenters. The SMILES string of the molecule is CC[C@H](C)[C@H](NC(=O)[C@H](C)NC(=O)[C@@H](NC(=O)[C@@H](N)CCC(=O)O)[C@@H](C)CC)C(=O)N[C@@H](CC(C)C)C(=O)N1CCC[C@H]1C(=O)N[C@@H](CC(C)C)C(=O)N1CCC[C@H]1C(=O)N[C@@H](CCCN=C(N)N)C(=O)N[C@@H](Cc1c[nH]c2ccccc12)C(=O)O. The van der Waals surface area contributed by atoms with Gasteiger partial charge in [0.2, 0.25) is 53.2 Å². The molecular weight excluding hydrogens is 1110 g/mol. The van der Waals surface area contributed by atoms with Gasteiger partial charge in [-0.2, -0.15) is 0 Å². The number of carbonyl (C=O) groups is 11. The number of aromatic nitrogens is 1. The van der Waals surface area contributed by atoms with E-state index in [1.54, 1.807) is 27.0 Å². The van der Waals surface area contributed by atoms with Gasteiger partial charge in [0.15, 0.2) is 5.96 Å². The van der Waals surface area contributed by atoms with Gasteiger partial charge in [0, 0.05) is 49.6 Å². The van der Waals surface area contributed by atoms with Gasteiger partial charge >= 0.3 is 11.9 Å². The van der Waals surface area contributed by atoms with Crippen LogP contribution < -0.4 is 54.4 Å². The summed E-state index contributed by atoms with van der Waals surface area (Å²) in [6, 6.07) is -4.44. The van der Waals surface area contributed by atoms with E-state index in [4.69, 9.17) is 22.3 Å². The lowest BCUT2D eigenvalue weighted by molar-refractivity contribution is -0.145. The number of nitrogens with two attached hydrogens (primary N) is 3. The van der Waals surface area contributed by atoms with Crippen LogP contribution >= 0.6 is 0 Å². The van der Waals surface area contributed by atoms with Gasteiger partial charge in [-0.3, -0.25) is 52.9 Å². The predicted octanol–water partition coefficient (Wildman–Crippen LogP) is 0.621. The molecule has 0 aliphatic carbocycles. The second kappa shape index (κ2) is 33.7. The monoisotopic (exact) mass is 1210 g/mol. The zero-order chi connectivity index (χ0) is 64.1. The number of carboxylic acid groups (broad SMARTS) is 2. The third kappa shape index (κ3) is 20.7. The zero-order valence-electron chi connectivity index (χ0n) is 51.2. The van der Waals surface area contributed by atoms with Gasteiger partial charge in [-0.25, -0.2) is 4.79 Å². The van der Waals surface area contributed by atoms with Crippen LogP contribution in [0.2, 0.25) is 0 Å². The van der Waals surface area contributed by atoms with Crippen LogP contribution in [0.15, 0.2) is 35.5 Å². The number of fused-ring (bicyclic) bond motifs is 1. The third-order valence-corrected chi connectivity index (χ3v) is 16.0. The lowest BCUT2D eigenvalue weighted by atomic mass is 9.96. The number of carbonyl (C=O) groups excluding carboxylic acids is 9. The van der Waals surface area contributed by atoms with E-state index >= 15 is 0 Å². The van der Waals surface area contributed by atoms with Crippen molar-refractivity contribution in [1.82, 2.24) is 52.0 Å². The number of guanidine groups is 1. The molecule has 2 saturated heterocycles. The Balaban J connectivity index is 1.48. The minimum Gasteiger partial charge on any atom is -0.481 e. The van der Waals surface area contributed by atoms with Crippen molar-refractivity contribution in [2.75, 3.05) is 19.6 Å². The van der Waals surface area contributed by atoms with Gasteiger partial charge in [-0.1, -0.05) is 86.4 Å². The van der Waals surface area contributed by atoms with Crippen molar-refractivity contribution in [3.05, 3.63) is 36.0 Å². The van der Waals surface area contributed by atoms with Crippen LogP contribution in [-0.4, -0.2) is 176 Å². The van der Waals surface area contributed by atoms with E-state index in [1.807, 2.05) is 58.9 Å². The van der Waals surface area contributed by atoms with Crippen molar-refractivity contribution in [3.63, 3.8) is 0 Å². The number of hydrogen-bond donors (Lipinski definition) is 13. The number of nitrogens with one attached hydrogen (secondary N) is 8. The molecule has 478 valence electrons. The zero-order valence-corrected chi connectivity index (χ0v) is 51.2. The van der Waals surface area contributed by atoms with Gasteiger partial charge < -0.3 is 79.4 Å². The minimum atomic E-state index is -1.37. The Morgan fingerprint density at radius 1 is 0.628 bits per heavy atom. The number of hydrogen-bond acceptors (Lipinski definition) is 13. The molecule has 27 heteroatoms. The fraction of sp³-hybridized carbons (Fsp3) is 0.661. The normalized spacial score (nSPS) is 18.5. The van der Waals surface area contributed by atoms with Crippen LogP contribution in [0, 0.1) is 23.7 Å². The Hall–Kier alpha value is -7.84. The van der Waals surface area contributed by atoms with Gasteiger partial charge in [0.25, 0.3) is 0 Å². The lowest BCUT2D eigenvalue weighted by Crippen LogP contribution is -2.61. The topological polar surface area (TPSA) is 425 Å². The summed E-state index contributed by atoms with van der Waals surface area (Å²) in [4.78, 5) is 160. The first-order valence-corrected chi connectivity index (χ1v) is 30.1. The number of nitrogens with zero attached hydrogens (tertiary/aromatic N) is 3. The number of aliphatic carboxylic acids is 2. The van der Waals surface area contributed by atoms with Gasteiger partial charge in [-0.15, -0.1) is 0 Å². The van der Waals surface area contributed by atoms with Crippen molar-refractivity contribution in [1.29, 1.82) is 0 Å². The van der Waals surface area contributed by atoms with Gasteiger partial charge in [0.1, 0.15) is 54.4 Å². The molecule has 2 aliphatic heterocycles. The van der Waals surface area contributed by atoms with E-state index in [-0.39, 0.29) is 95.2 Å². The van der Waals surface area contributed by atoms with Crippen LogP contribution in [-0.2, 0) is 59.2 Å². The predicted molar refractivity (Wildman–Crippen MR) is 321 cm³/mol. The smallest absolute Gasteiger partial charge is 0.326 e. The molecule has 1 aromatic heterocycles. The Morgan fingerprint density at radius 3 is 1.64 bits per heavy atom. The van der Waals surface area contributed by atoms with E-state index in [1.165, 1.54) is 16.7 Å². The summed E-state index contributed by atoms with van der Waals surface area (Å²) >= 11 is 0.